The van der Waals surface area contributed by atoms with Crippen LogP contribution in [0, 0.1) is 5.92 Å². The predicted molar refractivity (Wildman–Crippen MR) is 71.2 cm³/mol. The number of ketones is 1. The van der Waals surface area contributed by atoms with Crippen molar-refractivity contribution in [1.82, 2.24) is 4.90 Å². The van der Waals surface area contributed by atoms with E-state index in [0.717, 1.165) is 28.4 Å². The van der Waals surface area contributed by atoms with Gasteiger partial charge in [0.1, 0.15) is 0 Å². The smallest absolute Gasteiger partial charge is 0.187 e. The molecule has 0 saturated carbocycles. The molecule has 1 atom stereocenters. The van der Waals surface area contributed by atoms with Gasteiger partial charge in [-0.25, -0.2) is 0 Å². The van der Waals surface area contributed by atoms with Crippen molar-refractivity contribution in [1.29, 1.82) is 0 Å². The summed E-state index contributed by atoms with van der Waals surface area (Å²) in [5, 5.41) is 1.95. The molecule has 1 aliphatic heterocycles. The first-order valence-corrected chi connectivity index (χ1v) is 7.36. The highest BCUT2D eigenvalue weighted by Crippen LogP contribution is 2.25. The van der Waals surface area contributed by atoms with Gasteiger partial charge in [0.2, 0.25) is 0 Å². The fraction of sp³-hybridized carbons (Fsp3) is 0.583. The normalized spacial score (nSPS) is 21.5. The highest BCUT2D eigenvalue weighted by molar-refractivity contribution is 9.10. The molecular formula is C12H16BrNOS. The van der Waals surface area contributed by atoms with Gasteiger partial charge < -0.3 is 0 Å². The number of nitrogens with zero attached hydrogens (tertiary/aromatic N) is 1. The van der Waals surface area contributed by atoms with Crippen molar-refractivity contribution in [3.05, 3.63) is 20.8 Å². The van der Waals surface area contributed by atoms with E-state index in [9.17, 15) is 4.79 Å². The molecule has 0 aliphatic carbocycles. The average Bonchev–Trinajstić information content (AvgIpc) is 2.86. The van der Waals surface area contributed by atoms with Crippen molar-refractivity contribution >= 4 is 33.0 Å². The number of hydrogen-bond donors (Lipinski definition) is 0. The van der Waals surface area contributed by atoms with E-state index in [1.54, 1.807) is 0 Å². The maximum absolute atomic E-state index is 12.0. The molecule has 1 aromatic rings. The van der Waals surface area contributed by atoms with Gasteiger partial charge in [-0.05, 0) is 46.3 Å². The van der Waals surface area contributed by atoms with Crippen molar-refractivity contribution in [2.24, 2.45) is 5.92 Å². The molecule has 0 bridgehead atoms. The fourth-order valence-electron chi connectivity index (χ4n) is 2.16. The van der Waals surface area contributed by atoms with Crippen LogP contribution >= 0.6 is 27.3 Å². The molecule has 0 radical (unpaired) electrons. The number of carbonyl (C=O) groups is 1. The van der Waals surface area contributed by atoms with Gasteiger partial charge in [0.05, 0.1) is 11.4 Å². The molecule has 2 rings (SSSR count). The third kappa shape index (κ3) is 2.73. The Kier molecular flexibility index (Phi) is 4.16. The fourth-order valence-corrected chi connectivity index (χ4v) is 3.68. The minimum atomic E-state index is 0.249. The molecule has 1 unspecified atom stereocenters. The summed E-state index contributed by atoms with van der Waals surface area (Å²) in [6.45, 7) is 4.97. The zero-order valence-corrected chi connectivity index (χ0v) is 11.8. The van der Waals surface area contributed by atoms with Gasteiger partial charge in [0.25, 0.3) is 0 Å². The Morgan fingerprint density at radius 3 is 3.06 bits per heavy atom. The van der Waals surface area contributed by atoms with Crippen LogP contribution in [-0.2, 0) is 0 Å². The Bertz CT molecular complexity index is 377. The van der Waals surface area contributed by atoms with Gasteiger partial charge in [0.15, 0.2) is 5.78 Å². The molecule has 2 nitrogen and oxygen atoms in total. The Morgan fingerprint density at radius 2 is 2.50 bits per heavy atom. The molecule has 0 amide bonds. The summed E-state index contributed by atoms with van der Waals surface area (Å²) in [5.74, 6) is 1.04. The van der Waals surface area contributed by atoms with Crippen LogP contribution in [0.3, 0.4) is 0 Å². The average molecular weight is 302 g/mol. The third-order valence-corrected chi connectivity index (χ3v) is 5.06. The second-order valence-corrected chi connectivity index (χ2v) is 6.09. The molecule has 0 aromatic carbocycles. The van der Waals surface area contributed by atoms with Crippen molar-refractivity contribution in [3.8, 4) is 0 Å². The van der Waals surface area contributed by atoms with Crippen molar-refractivity contribution in [3.63, 3.8) is 0 Å². The van der Waals surface area contributed by atoms with Crippen LogP contribution in [0.1, 0.15) is 29.4 Å². The molecule has 88 valence electrons. The maximum Gasteiger partial charge on any atom is 0.187 e. The van der Waals surface area contributed by atoms with Crippen LogP contribution in [-0.4, -0.2) is 30.3 Å². The van der Waals surface area contributed by atoms with Crippen molar-refractivity contribution < 1.29 is 4.79 Å². The predicted octanol–water partition coefficient (Wildman–Crippen LogP) is 3.43. The standard InChI is InChI=1S/C12H16BrNOS/c1-2-9-3-5-14(7-9)8-11(15)12-10(13)4-6-16-12/h4,6,9H,2-3,5,7-8H2,1H3. The molecule has 1 aromatic heterocycles. The Hall–Kier alpha value is -0.190. The Morgan fingerprint density at radius 1 is 1.69 bits per heavy atom. The summed E-state index contributed by atoms with van der Waals surface area (Å²) >= 11 is 4.94. The molecule has 2 heterocycles. The first kappa shape index (κ1) is 12.3. The summed E-state index contributed by atoms with van der Waals surface area (Å²) in [5.41, 5.74) is 0. The largest absolute Gasteiger partial charge is 0.295 e. The molecule has 4 heteroatoms. The monoisotopic (exact) mass is 301 g/mol. The second kappa shape index (κ2) is 5.43. The van der Waals surface area contributed by atoms with Gasteiger partial charge in [-0.15, -0.1) is 11.3 Å². The second-order valence-electron chi connectivity index (χ2n) is 4.32. The van der Waals surface area contributed by atoms with Gasteiger partial charge >= 0.3 is 0 Å². The van der Waals surface area contributed by atoms with E-state index >= 15 is 0 Å². The summed E-state index contributed by atoms with van der Waals surface area (Å²) in [4.78, 5) is 15.2. The first-order valence-electron chi connectivity index (χ1n) is 5.69. The third-order valence-electron chi connectivity index (χ3n) is 3.18. The Balaban J connectivity index is 1.91. The van der Waals surface area contributed by atoms with Gasteiger partial charge in [-0.2, -0.15) is 0 Å². The van der Waals surface area contributed by atoms with Crippen LogP contribution in [0.4, 0.5) is 0 Å². The van der Waals surface area contributed by atoms with E-state index in [1.165, 1.54) is 24.2 Å². The minimum absolute atomic E-state index is 0.249. The van der Waals surface area contributed by atoms with Crippen LogP contribution < -0.4 is 0 Å². The minimum Gasteiger partial charge on any atom is -0.295 e. The number of halogens is 1. The molecule has 1 aliphatic rings. The van der Waals surface area contributed by atoms with E-state index < -0.39 is 0 Å². The highest BCUT2D eigenvalue weighted by atomic mass is 79.9. The number of hydrogen-bond acceptors (Lipinski definition) is 3. The summed E-state index contributed by atoms with van der Waals surface area (Å²) in [6, 6.07) is 1.94. The lowest BCUT2D eigenvalue weighted by Crippen LogP contribution is -2.27. The zero-order chi connectivity index (χ0) is 11.5. The topological polar surface area (TPSA) is 20.3 Å². The number of rotatable bonds is 4. The van der Waals surface area contributed by atoms with E-state index in [-0.39, 0.29) is 5.78 Å². The van der Waals surface area contributed by atoms with Crippen molar-refractivity contribution in [2.45, 2.75) is 19.8 Å². The number of likely N-dealkylation sites (tertiary alicyclic amines) is 1. The molecule has 0 spiro atoms. The summed E-state index contributed by atoms with van der Waals surface area (Å²) in [6.07, 6.45) is 2.47. The molecule has 1 saturated heterocycles. The van der Waals surface area contributed by atoms with E-state index in [4.69, 9.17) is 0 Å². The van der Waals surface area contributed by atoms with E-state index in [0.29, 0.717) is 6.54 Å². The summed E-state index contributed by atoms with van der Waals surface area (Å²) < 4.78 is 0.939. The summed E-state index contributed by atoms with van der Waals surface area (Å²) in [7, 11) is 0. The van der Waals surface area contributed by atoms with E-state index in [2.05, 4.69) is 27.8 Å². The van der Waals surface area contributed by atoms with Crippen LogP contribution in [0.2, 0.25) is 0 Å². The van der Waals surface area contributed by atoms with Gasteiger partial charge in [-0.3, -0.25) is 9.69 Å². The van der Waals surface area contributed by atoms with Gasteiger partial charge in [0, 0.05) is 11.0 Å². The van der Waals surface area contributed by atoms with Crippen molar-refractivity contribution in [2.75, 3.05) is 19.6 Å². The molecule has 16 heavy (non-hydrogen) atoms. The van der Waals surface area contributed by atoms with Crippen LogP contribution in [0.25, 0.3) is 0 Å². The van der Waals surface area contributed by atoms with Gasteiger partial charge in [-0.1, -0.05) is 13.3 Å². The lowest BCUT2D eigenvalue weighted by atomic mass is 10.1. The first-order chi connectivity index (χ1) is 7.70. The SMILES string of the molecule is CCC1CCN(CC(=O)c2sccc2Br)C1. The number of Topliss-reactive ketones (excluding diaryl/α,β-unsaturated/α-hetero) is 1. The molecular weight excluding hydrogens is 286 g/mol. The number of carbonyl (C=O) groups excluding carboxylic acids is 1. The molecule has 0 N–H and O–H groups in total. The lowest BCUT2D eigenvalue weighted by molar-refractivity contribution is 0.0946. The van der Waals surface area contributed by atoms with Crippen LogP contribution in [0.5, 0.6) is 0 Å². The van der Waals surface area contributed by atoms with Crippen LogP contribution in [0.15, 0.2) is 15.9 Å². The lowest BCUT2D eigenvalue weighted by Gasteiger charge is -2.14. The quantitative estimate of drug-likeness (QED) is 0.794. The van der Waals surface area contributed by atoms with E-state index in [1.807, 2.05) is 11.4 Å². The number of thiophene rings is 1. The molecule has 1 fully saturated rings. The zero-order valence-electron chi connectivity index (χ0n) is 9.41. The highest BCUT2D eigenvalue weighted by Gasteiger charge is 2.23. The maximum atomic E-state index is 12.0. The Labute approximate surface area is 109 Å².